The van der Waals surface area contributed by atoms with Crippen LogP contribution in [0.3, 0.4) is 0 Å². The Labute approximate surface area is 180 Å². The van der Waals surface area contributed by atoms with E-state index < -0.39 is 0 Å². The summed E-state index contributed by atoms with van der Waals surface area (Å²) in [6, 6.07) is 14.2. The van der Waals surface area contributed by atoms with Gasteiger partial charge in [0.25, 0.3) is 11.8 Å². The smallest absolute Gasteiger partial charge is 0.282 e. The number of aryl methyl sites for hydroxylation is 1. The molecule has 0 bridgehead atoms. The summed E-state index contributed by atoms with van der Waals surface area (Å²) in [4.78, 5) is 19.4. The summed E-state index contributed by atoms with van der Waals surface area (Å²) >= 11 is 0. The highest BCUT2D eigenvalue weighted by Gasteiger charge is 2.26. The highest BCUT2D eigenvalue weighted by atomic mass is 19.1. The van der Waals surface area contributed by atoms with Gasteiger partial charge in [-0.15, -0.1) is 0 Å². The van der Waals surface area contributed by atoms with Crippen LogP contribution < -0.4 is 15.1 Å². The molecule has 162 valence electrons. The van der Waals surface area contributed by atoms with E-state index in [-0.39, 0.29) is 11.7 Å². The molecule has 0 radical (unpaired) electrons. The monoisotopic (exact) mass is 425 g/mol. The van der Waals surface area contributed by atoms with Gasteiger partial charge in [0.15, 0.2) is 13.1 Å². The first-order chi connectivity index (χ1) is 15.1. The van der Waals surface area contributed by atoms with Crippen molar-refractivity contribution in [2.75, 3.05) is 38.0 Å². The quantitative estimate of drug-likeness (QED) is 0.511. The molecule has 0 unspecified atom stereocenters. The summed E-state index contributed by atoms with van der Waals surface area (Å²) in [5.41, 5.74) is 2.73. The number of halogens is 1. The lowest BCUT2D eigenvalue weighted by Crippen LogP contribution is -3.28. The summed E-state index contributed by atoms with van der Waals surface area (Å²) in [6.07, 6.45) is 1.00. The van der Waals surface area contributed by atoms with Gasteiger partial charge in [-0.3, -0.25) is 4.79 Å². The third-order valence-electron chi connectivity index (χ3n) is 5.67. The lowest BCUT2D eigenvalue weighted by atomic mass is 10.1. The molecular formula is C23H28FN5O2+2. The number of hydrogen-bond donors (Lipinski definition) is 3. The van der Waals surface area contributed by atoms with Crippen molar-refractivity contribution in [2.24, 2.45) is 0 Å². The van der Waals surface area contributed by atoms with E-state index in [2.05, 4.69) is 34.5 Å². The van der Waals surface area contributed by atoms with Crippen LogP contribution in [0.25, 0.3) is 11.4 Å². The second kappa shape index (κ2) is 9.80. The largest absolute Gasteiger partial charge is 0.333 e. The van der Waals surface area contributed by atoms with Crippen molar-refractivity contribution < 1.29 is 23.5 Å². The van der Waals surface area contributed by atoms with Crippen LogP contribution in [0.4, 0.5) is 10.1 Å². The minimum atomic E-state index is -0.357. The Balaban J connectivity index is 1.24. The molecule has 2 heterocycles. The summed E-state index contributed by atoms with van der Waals surface area (Å²) in [5.74, 6) is 0.802. The van der Waals surface area contributed by atoms with Crippen LogP contribution in [0.15, 0.2) is 53.1 Å². The number of amides is 1. The average Bonchev–Trinajstić information content (AvgIpc) is 3.23. The number of rotatable bonds is 7. The van der Waals surface area contributed by atoms with Crippen LogP contribution in [0.2, 0.25) is 0 Å². The number of piperazine rings is 1. The summed E-state index contributed by atoms with van der Waals surface area (Å²) in [7, 11) is 0. The Morgan fingerprint density at radius 1 is 1.10 bits per heavy atom. The molecule has 3 N–H and O–H groups in total. The van der Waals surface area contributed by atoms with Gasteiger partial charge in [-0.25, -0.2) is 4.39 Å². The zero-order valence-electron chi connectivity index (χ0n) is 17.7. The first kappa shape index (κ1) is 21.1. The number of carbonyl (C=O) groups is 1. The van der Waals surface area contributed by atoms with E-state index >= 15 is 0 Å². The molecule has 1 aromatic heterocycles. The fourth-order valence-corrected chi connectivity index (χ4v) is 3.86. The zero-order valence-corrected chi connectivity index (χ0v) is 17.7. The normalized spacial score (nSPS) is 18.6. The van der Waals surface area contributed by atoms with Crippen molar-refractivity contribution >= 4 is 11.6 Å². The van der Waals surface area contributed by atoms with Gasteiger partial charge in [-0.2, -0.15) is 4.98 Å². The fourth-order valence-electron chi connectivity index (χ4n) is 3.86. The Hall–Kier alpha value is -3.10. The van der Waals surface area contributed by atoms with Crippen LogP contribution in [0.1, 0.15) is 18.4 Å². The average molecular weight is 426 g/mol. The molecule has 2 aromatic carbocycles. The third-order valence-corrected chi connectivity index (χ3v) is 5.67. The van der Waals surface area contributed by atoms with Crippen LogP contribution in [0.5, 0.6) is 0 Å². The molecule has 31 heavy (non-hydrogen) atoms. The van der Waals surface area contributed by atoms with E-state index in [1.54, 1.807) is 12.1 Å². The molecule has 7 nitrogen and oxygen atoms in total. The van der Waals surface area contributed by atoms with Gasteiger partial charge in [0.2, 0.25) is 5.82 Å². The van der Waals surface area contributed by atoms with Gasteiger partial charge in [0.05, 0.1) is 0 Å². The number of nitrogens with zero attached hydrogens (tertiary/aromatic N) is 2. The molecule has 1 fully saturated rings. The SMILES string of the molecule is CCc1ccc(-c2noc(C[NH+]3CC[NH+](CC(=O)Nc4cccc(F)c4)CC3)n2)cc1. The Morgan fingerprint density at radius 3 is 2.55 bits per heavy atom. The van der Waals surface area contributed by atoms with Crippen LogP contribution >= 0.6 is 0 Å². The first-order valence-electron chi connectivity index (χ1n) is 10.7. The van der Waals surface area contributed by atoms with Crippen molar-refractivity contribution in [3.63, 3.8) is 0 Å². The van der Waals surface area contributed by atoms with Crippen LogP contribution in [-0.2, 0) is 17.8 Å². The lowest BCUT2D eigenvalue weighted by Gasteiger charge is -2.28. The van der Waals surface area contributed by atoms with E-state index in [0.29, 0.717) is 30.5 Å². The van der Waals surface area contributed by atoms with E-state index in [0.717, 1.165) is 38.2 Å². The Kier molecular flexibility index (Phi) is 6.69. The maximum atomic E-state index is 13.3. The second-order valence-corrected chi connectivity index (χ2v) is 7.97. The predicted molar refractivity (Wildman–Crippen MR) is 114 cm³/mol. The molecule has 8 heteroatoms. The molecule has 1 amide bonds. The maximum absolute atomic E-state index is 13.3. The molecular weight excluding hydrogens is 397 g/mol. The molecule has 4 rings (SSSR count). The standard InChI is InChI=1S/C23H26FN5O2/c1-2-17-6-8-18(9-7-17)23-26-22(31-27-23)16-29-12-10-28(11-13-29)15-21(30)25-20-5-3-4-19(24)14-20/h3-9,14H,2,10-13,15-16H2,1H3,(H,25,30)/p+2. The number of aromatic nitrogens is 2. The fraction of sp³-hybridized carbons (Fsp3) is 0.348. The van der Waals surface area contributed by atoms with Crippen LogP contribution in [-0.4, -0.2) is 48.8 Å². The minimum Gasteiger partial charge on any atom is -0.333 e. The number of quaternary nitrogens is 2. The minimum absolute atomic E-state index is 0.0975. The molecule has 0 aliphatic carbocycles. The van der Waals surface area contributed by atoms with E-state index in [9.17, 15) is 9.18 Å². The van der Waals surface area contributed by atoms with Gasteiger partial charge in [-0.05, 0) is 30.2 Å². The number of carbonyl (C=O) groups excluding carboxylic acids is 1. The van der Waals surface area contributed by atoms with E-state index in [1.165, 1.54) is 27.5 Å². The van der Waals surface area contributed by atoms with Gasteiger partial charge in [-0.1, -0.05) is 42.4 Å². The molecule has 0 atom stereocenters. The second-order valence-electron chi connectivity index (χ2n) is 7.97. The molecule has 1 aliphatic rings. The Morgan fingerprint density at radius 2 is 1.84 bits per heavy atom. The van der Waals surface area contributed by atoms with Gasteiger partial charge in [0, 0.05) is 11.3 Å². The van der Waals surface area contributed by atoms with Gasteiger partial charge >= 0.3 is 0 Å². The number of hydrogen-bond acceptors (Lipinski definition) is 4. The van der Waals surface area contributed by atoms with Crippen molar-refractivity contribution in [2.45, 2.75) is 19.9 Å². The molecule has 0 saturated carbocycles. The third kappa shape index (κ3) is 5.74. The van der Waals surface area contributed by atoms with E-state index in [1.807, 2.05) is 12.1 Å². The zero-order chi connectivity index (χ0) is 21.6. The lowest BCUT2D eigenvalue weighted by molar-refractivity contribution is -1.02. The van der Waals surface area contributed by atoms with Crippen molar-refractivity contribution in [3.05, 3.63) is 65.8 Å². The van der Waals surface area contributed by atoms with Crippen molar-refractivity contribution in [1.82, 2.24) is 10.1 Å². The molecule has 1 aliphatic heterocycles. The summed E-state index contributed by atoms with van der Waals surface area (Å²) < 4.78 is 18.7. The van der Waals surface area contributed by atoms with Crippen molar-refractivity contribution in [3.8, 4) is 11.4 Å². The van der Waals surface area contributed by atoms with Crippen LogP contribution in [0, 0.1) is 5.82 Å². The molecule has 1 saturated heterocycles. The highest BCUT2D eigenvalue weighted by Crippen LogP contribution is 2.16. The topological polar surface area (TPSA) is 76.9 Å². The summed E-state index contributed by atoms with van der Waals surface area (Å²) in [5, 5.41) is 6.89. The Bertz CT molecular complexity index is 1010. The number of nitrogens with one attached hydrogen (secondary N) is 3. The predicted octanol–water partition coefficient (Wildman–Crippen LogP) is 0.360. The maximum Gasteiger partial charge on any atom is 0.282 e. The van der Waals surface area contributed by atoms with Gasteiger partial charge in [0.1, 0.15) is 32.0 Å². The molecule has 3 aromatic rings. The highest BCUT2D eigenvalue weighted by molar-refractivity contribution is 5.91. The van der Waals surface area contributed by atoms with E-state index in [4.69, 9.17) is 4.52 Å². The van der Waals surface area contributed by atoms with Crippen molar-refractivity contribution in [1.29, 1.82) is 0 Å². The van der Waals surface area contributed by atoms with Gasteiger partial charge < -0.3 is 19.6 Å². The molecule has 0 spiro atoms. The summed E-state index contributed by atoms with van der Waals surface area (Å²) in [6.45, 7) is 6.79. The first-order valence-corrected chi connectivity index (χ1v) is 10.7. The number of benzene rings is 2. The number of anilines is 1.